The summed E-state index contributed by atoms with van der Waals surface area (Å²) in [5.41, 5.74) is 0.917. The minimum Gasteiger partial charge on any atom is -0.352 e. The summed E-state index contributed by atoms with van der Waals surface area (Å²) in [6, 6.07) is 6.47. The Morgan fingerprint density at radius 1 is 1.56 bits per heavy atom. The second-order valence-corrected chi connectivity index (χ2v) is 4.36. The van der Waals surface area contributed by atoms with E-state index in [2.05, 4.69) is 10.6 Å². The first-order valence-electron chi connectivity index (χ1n) is 5.87. The van der Waals surface area contributed by atoms with Crippen LogP contribution in [0.2, 0.25) is 0 Å². The van der Waals surface area contributed by atoms with Crippen LogP contribution >= 0.6 is 0 Å². The van der Waals surface area contributed by atoms with Crippen molar-refractivity contribution in [3.8, 4) is 6.07 Å². The predicted molar refractivity (Wildman–Crippen MR) is 64.0 cm³/mol. The molecule has 0 aromatic heterocycles. The van der Waals surface area contributed by atoms with Crippen LogP contribution in [0.25, 0.3) is 0 Å². The van der Waals surface area contributed by atoms with Gasteiger partial charge in [0, 0.05) is 25.6 Å². The lowest BCUT2D eigenvalue weighted by Crippen LogP contribution is -2.35. The summed E-state index contributed by atoms with van der Waals surface area (Å²) in [5.74, 6) is -0.403. The lowest BCUT2D eigenvalue weighted by molar-refractivity contribution is -0.119. The smallest absolute Gasteiger partial charge is 0.220 e. The predicted octanol–water partition coefficient (Wildman–Crippen LogP) is 1.07. The van der Waals surface area contributed by atoms with E-state index in [0.29, 0.717) is 19.5 Å². The van der Waals surface area contributed by atoms with Crippen molar-refractivity contribution in [1.29, 1.82) is 5.26 Å². The van der Waals surface area contributed by atoms with Gasteiger partial charge >= 0.3 is 0 Å². The summed E-state index contributed by atoms with van der Waals surface area (Å²) in [7, 11) is 0. The average molecular weight is 247 g/mol. The zero-order valence-electron chi connectivity index (χ0n) is 9.87. The lowest BCUT2D eigenvalue weighted by atomic mass is 10.1. The summed E-state index contributed by atoms with van der Waals surface area (Å²) in [5, 5.41) is 14.8. The van der Waals surface area contributed by atoms with Crippen molar-refractivity contribution in [3.05, 3.63) is 35.1 Å². The van der Waals surface area contributed by atoms with Gasteiger partial charge in [0.25, 0.3) is 0 Å². The highest BCUT2D eigenvalue weighted by atomic mass is 19.1. The first-order chi connectivity index (χ1) is 8.69. The fourth-order valence-corrected chi connectivity index (χ4v) is 1.99. The molecule has 1 aromatic carbocycles. The van der Waals surface area contributed by atoms with Crippen molar-refractivity contribution in [1.82, 2.24) is 10.6 Å². The molecule has 4 nitrogen and oxygen atoms in total. The highest BCUT2D eigenvalue weighted by Gasteiger charge is 2.19. The summed E-state index contributed by atoms with van der Waals surface area (Å²) < 4.78 is 13.1. The fourth-order valence-electron chi connectivity index (χ4n) is 1.99. The Kier molecular flexibility index (Phi) is 3.90. The highest BCUT2D eigenvalue weighted by molar-refractivity contribution is 5.78. The maximum Gasteiger partial charge on any atom is 0.220 e. The van der Waals surface area contributed by atoms with Gasteiger partial charge in [0.2, 0.25) is 5.91 Å². The number of nitrogens with one attached hydrogen (secondary N) is 2. The third kappa shape index (κ3) is 3.05. The molecular weight excluding hydrogens is 233 g/mol. The van der Waals surface area contributed by atoms with Crippen LogP contribution < -0.4 is 10.6 Å². The molecular formula is C13H14FN3O. The molecule has 1 fully saturated rings. The molecule has 1 heterocycles. The molecule has 0 saturated carbocycles. The Balaban J connectivity index is 1.83. The van der Waals surface area contributed by atoms with E-state index < -0.39 is 5.82 Å². The molecule has 0 bridgehead atoms. The highest BCUT2D eigenvalue weighted by Crippen LogP contribution is 2.10. The van der Waals surface area contributed by atoms with Crippen molar-refractivity contribution >= 4 is 5.91 Å². The second kappa shape index (κ2) is 5.61. The Morgan fingerprint density at radius 3 is 3.06 bits per heavy atom. The third-order valence-electron chi connectivity index (χ3n) is 2.96. The Morgan fingerprint density at radius 2 is 2.39 bits per heavy atom. The maximum absolute atomic E-state index is 13.1. The average Bonchev–Trinajstić information content (AvgIpc) is 2.77. The number of halogens is 1. The summed E-state index contributed by atoms with van der Waals surface area (Å²) in [6.45, 7) is 1.24. The Labute approximate surface area is 105 Å². The van der Waals surface area contributed by atoms with Crippen LogP contribution in [0, 0.1) is 17.1 Å². The second-order valence-electron chi connectivity index (χ2n) is 4.36. The number of benzene rings is 1. The van der Waals surface area contributed by atoms with Gasteiger partial charge < -0.3 is 10.6 Å². The van der Waals surface area contributed by atoms with Gasteiger partial charge in [-0.15, -0.1) is 0 Å². The van der Waals surface area contributed by atoms with E-state index in [1.165, 1.54) is 12.1 Å². The molecule has 0 spiro atoms. The normalized spacial score (nSPS) is 18.4. The molecule has 0 aliphatic carbocycles. The summed E-state index contributed by atoms with van der Waals surface area (Å²) >= 11 is 0. The van der Waals surface area contributed by atoms with Gasteiger partial charge in [-0.1, -0.05) is 6.07 Å². The van der Waals surface area contributed by atoms with E-state index in [0.717, 1.165) is 12.0 Å². The molecule has 1 aliphatic heterocycles. The molecule has 1 aliphatic rings. The topological polar surface area (TPSA) is 64.9 Å². The van der Waals surface area contributed by atoms with Crippen LogP contribution in [0.1, 0.15) is 24.0 Å². The van der Waals surface area contributed by atoms with Crippen LogP contribution in [0.4, 0.5) is 4.39 Å². The number of rotatable bonds is 4. The first-order valence-corrected chi connectivity index (χ1v) is 5.87. The number of hydrogen-bond donors (Lipinski definition) is 2. The van der Waals surface area contributed by atoms with Gasteiger partial charge in [-0.05, 0) is 24.1 Å². The van der Waals surface area contributed by atoms with Crippen molar-refractivity contribution in [2.24, 2.45) is 0 Å². The largest absolute Gasteiger partial charge is 0.352 e. The van der Waals surface area contributed by atoms with Crippen molar-refractivity contribution < 1.29 is 9.18 Å². The van der Waals surface area contributed by atoms with Gasteiger partial charge in [-0.3, -0.25) is 4.79 Å². The molecule has 94 valence electrons. The first kappa shape index (κ1) is 12.5. The van der Waals surface area contributed by atoms with Crippen LogP contribution in [0.3, 0.4) is 0 Å². The molecule has 1 saturated heterocycles. The number of amides is 1. The number of nitrogens with zero attached hydrogens (tertiary/aromatic N) is 1. The van der Waals surface area contributed by atoms with E-state index in [1.54, 1.807) is 6.07 Å². The molecule has 1 amide bonds. The van der Waals surface area contributed by atoms with Crippen molar-refractivity contribution in [3.63, 3.8) is 0 Å². The lowest BCUT2D eigenvalue weighted by Gasteiger charge is -2.11. The number of nitriles is 1. The molecule has 18 heavy (non-hydrogen) atoms. The van der Waals surface area contributed by atoms with Crippen molar-refractivity contribution in [2.75, 3.05) is 6.54 Å². The van der Waals surface area contributed by atoms with Crippen molar-refractivity contribution in [2.45, 2.75) is 25.4 Å². The molecule has 1 unspecified atom stereocenters. The van der Waals surface area contributed by atoms with Crippen LogP contribution in [0.5, 0.6) is 0 Å². The minimum atomic E-state index is -0.496. The van der Waals surface area contributed by atoms with Crippen LogP contribution in [-0.2, 0) is 11.3 Å². The quantitative estimate of drug-likeness (QED) is 0.836. The summed E-state index contributed by atoms with van der Waals surface area (Å²) in [4.78, 5) is 11.0. The van der Waals surface area contributed by atoms with Gasteiger partial charge in [0.05, 0.1) is 5.56 Å². The fraction of sp³-hybridized carbons (Fsp3) is 0.385. The van der Waals surface area contributed by atoms with Crippen LogP contribution in [0.15, 0.2) is 18.2 Å². The monoisotopic (exact) mass is 247 g/mol. The van der Waals surface area contributed by atoms with Crippen LogP contribution in [-0.4, -0.2) is 18.5 Å². The molecule has 2 N–H and O–H groups in total. The molecule has 2 rings (SSSR count). The number of carbonyl (C=O) groups excluding carboxylic acids is 1. The number of carbonyl (C=O) groups is 1. The van der Waals surface area contributed by atoms with Gasteiger partial charge in [-0.2, -0.15) is 5.26 Å². The van der Waals surface area contributed by atoms with Gasteiger partial charge in [0.1, 0.15) is 11.9 Å². The minimum absolute atomic E-state index is 0.0588. The Hall–Kier alpha value is -1.93. The Bertz CT molecular complexity index is 495. The zero-order valence-corrected chi connectivity index (χ0v) is 9.87. The molecule has 5 heteroatoms. The zero-order chi connectivity index (χ0) is 13.0. The van der Waals surface area contributed by atoms with E-state index >= 15 is 0 Å². The van der Waals surface area contributed by atoms with Gasteiger partial charge in [-0.25, -0.2) is 4.39 Å². The molecule has 1 aromatic rings. The number of hydrogen-bond acceptors (Lipinski definition) is 3. The van der Waals surface area contributed by atoms with E-state index in [9.17, 15) is 9.18 Å². The SMILES string of the molecule is N#Cc1cc(CNCC2CCC(=O)N2)ccc1F. The van der Waals surface area contributed by atoms with Gasteiger partial charge in [0.15, 0.2) is 0 Å². The van der Waals surface area contributed by atoms with E-state index in [-0.39, 0.29) is 17.5 Å². The van der Waals surface area contributed by atoms with E-state index in [1.807, 2.05) is 6.07 Å². The standard InChI is InChI=1S/C13H14FN3O/c14-12-3-1-9(5-10(12)6-15)7-16-8-11-2-4-13(18)17-11/h1,3,5,11,16H,2,4,7-8H2,(H,17,18). The summed E-state index contributed by atoms with van der Waals surface area (Å²) in [6.07, 6.45) is 1.43. The third-order valence-corrected chi connectivity index (χ3v) is 2.96. The molecule has 0 radical (unpaired) electrons. The maximum atomic E-state index is 13.1. The van der Waals surface area contributed by atoms with E-state index in [4.69, 9.17) is 5.26 Å². The molecule has 1 atom stereocenters.